The second-order valence-corrected chi connectivity index (χ2v) is 6.83. The second-order valence-electron chi connectivity index (χ2n) is 5.59. The van der Waals surface area contributed by atoms with E-state index in [1.165, 1.54) is 0 Å². The van der Waals surface area contributed by atoms with Crippen molar-refractivity contribution in [2.24, 2.45) is 11.1 Å². The van der Waals surface area contributed by atoms with Gasteiger partial charge >= 0.3 is 6.09 Å². The molecule has 0 spiro atoms. The van der Waals surface area contributed by atoms with Crippen LogP contribution < -0.4 is 10.5 Å². The molecule has 1 aromatic rings. The molecular formula is C14H20INO3. The molecule has 1 unspecified atom stereocenters. The molecule has 5 heteroatoms. The van der Waals surface area contributed by atoms with Crippen LogP contribution in [0.3, 0.4) is 0 Å². The number of ether oxygens (including phenoxy) is 2. The summed E-state index contributed by atoms with van der Waals surface area (Å²) in [5.74, 6) is 0.757. The highest BCUT2D eigenvalue weighted by Crippen LogP contribution is 2.23. The van der Waals surface area contributed by atoms with Gasteiger partial charge in [0.2, 0.25) is 0 Å². The maximum absolute atomic E-state index is 10.9. The standard InChI is InChI=1S/C14H20INO3/c1-14(2,3)8-12(19-13(16)17)9-18-11-6-4-10(15)5-7-11/h4-7,12H,8-9H2,1-3H3,(H2,16,17). The van der Waals surface area contributed by atoms with Gasteiger partial charge in [-0.1, -0.05) is 20.8 Å². The largest absolute Gasteiger partial charge is 0.490 e. The Morgan fingerprint density at radius 3 is 2.37 bits per heavy atom. The van der Waals surface area contributed by atoms with E-state index < -0.39 is 6.09 Å². The summed E-state index contributed by atoms with van der Waals surface area (Å²) in [6.07, 6.45) is -0.405. The van der Waals surface area contributed by atoms with E-state index in [0.717, 1.165) is 9.32 Å². The van der Waals surface area contributed by atoms with Crippen LogP contribution in [0.2, 0.25) is 0 Å². The van der Waals surface area contributed by atoms with Crippen molar-refractivity contribution in [1.29, 1.82) is 0 Å². The van der Waals surface area contributed by atoms with Crippen molar-refractivity contribution in [1.82, 2.24) is 0 Å². The van der Waals surface area contributed by atoms with E-state index in [2.05, 4.69) is 43.4 Å². The first-order chi connectivity index (χ1) is 8.76. The Labute approximate surface area is 127 Å². The fraction of sp³-hybridized carbons (Fsp3) is 0.500. The number of carbonyl (C=O) groups excluding carboxylic acids is 1. The van der Waals surface area contributed by atoms with Gasteiger partial charge in [0.05, 0.1) is 0 Å². The molecule has 1 atom stereocenters. The van der Waals surface area contributed by atoms with E-state index in [9.17, 15) is 4.79 Å². The Morgan fingerprint density at radius 1 is 1.32 bits per heavy atom. The van der Waals surface area contributed by atoms with E-state index in [1.54, 1.807) is 0 Å². The van der Waals surface area contributed by atoms with Crippen LogP contribution >= 0.6 is 22.6 Å². The third-order valence-corrected chi connectivity index (χ3v) is 3.09. The monoisotopic (exact) mass is 377 g/mol. The van der Waals surface area contributed by atoms with Crippen LogP contribution in [0.1, 0.15) is 27.2 Å². The van der Waals surface area contributed by atoms with Crippen molar-refractivity contribution in [3.63, 3.8) is 0 Å². The smallest absolute Gasteiger partial charge is 0.404 e. The van der Waals surface area contributed by atoms with E-state index in [-0.39, 0.29) is 11.5 Å². The minimum Gasteiger partial charge on any atom is -0.490 e. The van der Waals surface area contributed by atoms with Gasteiger partial charge in [0.25, 0.3) is 0 Å². The van der Waals surface area contributed by atoms with E-state index in [1.807, 2.05) is 24.3 Å². The fourth-order valence-corrected chi connectivity index (χ4v) is 2.06. The molecule has 0 radical (unpaired) electrons. The third-order valence-electron chi connectivity index (χ3n) is 2.37. The molecule has 2 N–H and O–H groups in total. The van der Waals surface area contributed by atoms with Crippen molar-refractivity contribution in [2.75, 3.05) is 6.61 Å². The Hall–Kier alpha value is -0.980. The predicted octanol–water partition coefficient (Wildman–Crippen LogP) is 3.57. The summed E-state index contributed by atoms with van der Waals surface area (Å²) in [5.41, 5.74) is 5.12. The van der Waals surface area contributed by atoms with Gasteiger partial charge in [-0.25, -0.2) is 4.79 Å². The molecule has 106 valence electrons. The van der Waals surface area contributed by atoms with Crippen molar-refractivity contribution < 1.29 is 14.3 Å². The van der Waals surface area contributed by atoms with Crippen molar-refractivity contribution >= 4 is 28.7 Å². The quantitative estimate of drug-likeness (QED) is 0.799. The van der Waals surface area contributed by atoms with E-state index in [0.29, 0.717) is 13.0 Å². The Kier molecular flexibility index (Phi) is 5.90. The molecule has 0 aliphatic rings. The zero-order valence-electron chi connectivity index (χ0n) is 11.5. The molecule has 0 aromatic heterocycles. The maximum atomic E-state index is 10.9. The highest BCUT2D eigenvalue weighted by atomic mass is 127. The minimum absolute atomic E-state index is 0.0372. The van der Waals surface area contributed by atoms with Gasteiger partial charge < -0.3 is 15.2 Å². The minimum atomic E-state index is -0.763. The number of rotatable bonds is 5. The van der Waals surface area contributed by atoms with E-state index >= 15 is 0 Å². The number of primary amides is 1. The summed E-state index contributed by atoms with van der Waals surface area (Å²) in [7, 11) is 0. The first kappa shape index (κ1) is 16.1. The number of hydrogen-bond donors (Lipinski definition) is 1. The van der Waals surface area contributed by atoms with Gasteiger partial charge in [-0.3, -0.25) is 0 Å². The molecule has 1 aromatic carbocycles. The molecule has 0 fully saturated rings. The van der Waals surface area contributed by atoms with Gasteiger partial charge in [-0.2, -0.15) is 0 Å². The third kappa shape index (κ3) is 7.25. The molecule has 4 nitrogen and oxygen atoms in total. The molecule has 1 amide bonds. The van der Waals surface area contributed by atoms with Gasteiger partial charge in [-0.15, -0.1) is 0 Å². The number of nitrogens with two attached hydrogens (primary N) is 1. The second kappa shape index (κ2) is 6.98. The molecule has 0 saturated carbocycles. The lowest BCUT2D eigenvalue weighted by Gasteiger charge is -2.25. The molecule has 1 rings (SSSR count). The van der Waals surface area contributed by atoms with Crippen LogP contribution in [0.25, 0.3) is 0 Å². The number of halogens is 1. The van der Waals surface area contributed by atoms with Gasteiger partial charge in [0.15, 0.2) is 0 Å². The normalized spacial score (nSPS) is 12.8. The average Bonchev–Trinajstić information content (AvgIpc) is 2.25. The van der Waals surface area contributed by atoms with Crippen LogP contribution in [0.4, 0.5) is 4.79 Å². The maximum Gasteiger partial charge on any atom is 0.404 e. The van der Waals surface area contributed by atoms with Crippen LogP contribution in [0.15, 0.2) is 24.3 Å². The molecule has 0 bridgehead atoms. The van der Waals surface area contributed by atoms with Crippen LogP contribution in [-0.2, 0) is 4.74 Å². The lowest BCUT2D eigenvalue weighted by Crippen LogP contribution is -2.31. The van der Waals surface area contributed by atoms with E-state index in [4.69, 9.17) is 15.2 Å². The highest BCUT2D eigenvalue weighted by Gasteiger charge is 2.22. The predicted molar refractivity (Wildman–Crippen MR) is 83.2 cm³/mol. The molecule has 0 aliphatic carbocycles. The van der Waals surface area contributed by atoms with Gasteiger partial charge in [0, 0.05) is 3.57 Å². The highest BCUT2D eigenvalue weighted by molar-refractivity contribution is 14.1. The molecule has 19 heavy (non-hydrogen) atoms. The first-order valence-electron chi connectivity index (χ1n) is 6.11. The van der Waals surface area contributed by atoms with Gasteiger partial charge in [-0.05, 0) is 58.7 Å². The van der Waals surface area contributed by atoms with Crippen molar-refractivity contribution in [3.05, 3.63) is 27.8 Å². The van der Waals surface area contributed by atoms with Crippen LogP contribution in [-0.4, -0.2) is 18.8 Å². The van der Waals surface area contributed by atoms with Crippen LogP contribution in [0, 0.1) is 8.99 Å². The zero-order chi connectivity index (χ0) is 14.5. The number of amides is 1. The number of benzene rings is 1. The van der Waals surface area contributed by atoms with Crippen LogP contribution in [0.5, 0.6) is 5.75 Å². The number of hydrogen-bond acceptors (Lipinski definition) is 3. The molecule has 0 heterocycles. The summed E-state index contributed by atoms with van der Waals surface area (Å²) in [6, 6.07) is 7.70. The first-order valence-corrected chi connectivity index (χ1v) is 7.18. The SMILES string of the molecule is CC(C)(C)CC(COc1ccc(I)cc1)OC(N)=O. The number of carbonyl (C=O) groups is 1. The molecule has 0 saturated heterocycles. The lowest BCUT2D eigenvalue weighted by molar-refractivity contribution is 0.0464. The summed E-state index contributed by atoms with van der Waals surface area (Å²) in [5, 5.41) is 0. The molecular weight excluding hydrogens is 357 g/mol. The summed E-state index contributed by atoms with van der Waals surface area (Å²) in [6.45, 7) is 6.54. The Balaban J connectivity index is 2.57. The molecule has 0 aliphatic heterocycles. The summed E-state index contributed by atoms with van der Waals surface area (Å²) in [4.78, 5) is 10.9. The van der Waals surface area contributed by atoms with Crippen molar-refractivity contribution in [3.8, 4) is 5.75 Å². The fourth-order valence-electron chi connectivity index (χ4n) is 1.70. The van der Waals surface area contributed by atoms with Crippen molar-refractivity contribution in [2.45, 2.75) is 33.3 Å². The van der Waals surface area contributed by atoms with Gasteiger partial charge in [0.1, 0.15) is 18.5 Å². The topological polar surface area (TPSA) is 61.6 Å². The average molecular weight is 377 g/mol. The summed E-state index contributed by atoms with van der Waals surface area (Å²) < 4.78 is 11.9. The Morgan fingerprint density at radius 2 is 1.89 bits per heavy atom. The summed E-state index contributed by atoms with van der Waals surface area (Å²) >= 11 is 2.23. The lowest BCUT2D eigenvalue weighted by atomic mass is 9.89. The Bertz CT molecular complexity index is 412. The zero-order valence-corrected chi connectivity index (χ0v) is 13.6.